The van der Waals surface area contributed by atoms with Gasteiger partial charge in [0.05, 0.1) is 12.7 Å². The lowest BCUT2D eigenvalue weighted by atomic mass is 9.98. The van der Waals surface area contributed by atoms with Gasteiger partial charge in [-0.25, -0.2) is 0 Å². The van der Waals surface area contributed by atoms with Crippen molar-refractivity contribution in [1.29, 1.82) is 0 Å². The van der Waals surface area contributed by atoms with Gasteiger partial charge in [0, 0.05) is 24.1 Å². The molecule has 0 spiro atoms. The molecule has 3 nitrogen and oxygen atoms in total. The van der Waals surface area contributed by atoms with Gasteiger partial charge in [-0.05, 0) is 49.5 Å². The van der Waals surface area contributed by atoms with Crippen molar-refractivity contribution in [3.8, 4) is 0 Å². The average molecular weight is 339 g/mol. The quantitative estimate of drug-likeness (QED) is 0.917. The van der Waals surface area contributed by atoms with E-state index in [0.717, 1.165) is 30.1 Å². The van der Waals surface area contributed by atoms with Crippen LogP contribution in [0.1, 0.15) is 24.5 Å². The van der Waals surface area contributed by atoms with Crippen LogP contribution >= 0.6 is 15.9 Å². The first kappa shape index (κ1) is 14.5. The zero-order chi connectivity index (χ0) is 13.8. The number of benzene rings is 1. The van der Waals surface area contributed by atoms with Gasteiger partial charge in [0.25, 0.3) is 0 Å². The van der Waals surface area contributed by atoms with Crippen molar-refractivity contribution >= 4 is 15.9 Å². The summed E-state index contributed by atoms with van der Waals surface area (Å²) in [6.07, 6.45) is 2.91. The van der Waals surface area contributed by atoms with Gasteiger partial charge in [-0.15, -0.1) is 0 Å². The monoisotopic (exact) mass is 338 g/mol. The highest BCUT2D eigenvalue weighted by atomic mass is 79.9. The van der Waals surface area contributed by atoms with Crippen LogP contribution < -0.4 is 5.32 Å². The molecule has 0 amide bonds. The number of hydrogen-bond donors (Lipinski definition) is 1. The first-order chi connectivity index (χ1) is 9.81. The molecule has 0 radical (unpaired) electrons. The van der Waals surface area contributed by atoms with Crippen LogP contribution in [-0.4, -0.2) is 44.2 Å². The van der Waals surface area contributed by atoms with E-state index < -0.39 is 0 Å². The molecule has 1 aromatic rings. The minimum atomic E-state index is 0.220. The number of piperidine rings is 1. The number of nitrogens with one attached hydrogen (secondary N) is 1. The van der Waals surface area contributed by atoms with Crippen molar-refractivity contribution in [2.45, 2.75) is 18.9 Å². The Morgan fingerprint density at radius 1 is 1.40 bits per heavy atom. The summed E-state index contributed by atoms with van der Waals surface area (Å²) in [5.41, 5.74) is 1.28. The van der Waals surface area contributed by atoms with Crippen LogP contribution in [0.15, 0.2) is 28.7 Å². The molecule has 2 saturated heterocycles. The van der Waals surface area contributed by atoms with Crippen LogP contribution in [0.4, 0.5) is 0 Å². The van der Waals surface area contributed by atoms with Crippen LogP contribution in [-0.2, 0) is 4.74 Å². The van der Waals surface area contributed by atoms with Crippen LogP contribution in [0, 0.1) is 5.92 Å². The highest BCUT2D eigenvalue weighted by Gasteiger charge is 2.24. The molecule has 2 aliphatic heterocycles. The molecule has 110 valence electrons. The maximum absolute atomic E-state index is 5.96. The van der Waals surface area contributed by atoms with E-state index in [9.17, 15) is 0 Å². The molecule has 0 bridgehead atoms. The van der Waals surface area contributed by atoms with Crippen LogP contribution in [0.5, 0.6) is 0 Å². The van der Waals surface area contributed by atoms with Gasteiger partial charge in [-0.3, -0.25) is 4.90 Å². The summed E-state index contributed by atoms with van der Waals surface area (Å²) in [5.74, 6) is 0.810. The lowest BCUT2D eigenvalue weighted by molar-refractivity contribution is -0.0354. The van der Waals surface area contributed by atoms with E-state index in [-0.39, 0.29) is 6.10 Å². The summed E-state index contributed by atoms with van der Waals surface area (Å²) < 4.78 is 7.09. The summed E-state index contributed by atoms with van der Waals surface area (Å²) >= 11 is 3.55. The van der Waals surface area contributed by atoms with E-state index in [2.05, 4.69) is 50.4 Å². The Balaban J connectivity index is 1.58. The lowest BCUT2D eigenvalue weighted by Crippen LogP contribution is -2.44. The molecule has 2 atom stereocenters. The Labute approximate surface area is 129 Å². The maximum atomic E-state index is 5.96. The van der Waals surface area contributed by atoms with Crippen molar-refractivity contribution in [1.82, 2.24) is 10.2 Å². The third kappa shape index (κ3) is 3.82. The highest BCUT2D eigenvalue weighted by Crippen LogP contribution is 2.25. The second-order valence-electron chi connectivity index (χ2n) is 5.89. The molecule has 0 aliphatic carbocycles. The Kier molecular flexibility index (Phi) is 5.10. The predicted molar refractivity (Wildman–Crippen MR) is 84.9 cm³/mol. The zero-order valence-corrected chi connectivity index (χ0v) is 13.4. The third-order valence-electron chi connectivity index (χ3n) is 4.29. The SMILES string of the molecule is Brc1cccc(C2CN(CC3CCCNC3)CCO2)c1. The molecule has 2 unspecified atom stereocenters. The Morgan fingerprint density at radius 3 is 3.15 bits per heavy atom. The summed E-state index contributed by atoms with van der Waals surface area (Å²) in [6.45, 7) is 6.52. The number of halogens is 1. The van der Waals surface area contributed by atoms with Gasteiger partial charge in [0.15, 0.2) is 0 Å². The van der Waals surface area contributed by atoms with E-state index in [4.69, 9.17) is 4.74 Å². The minimum absolute atomic E-state index is 0.220. The van der Waals surface area contributed by atoms with Gasteiger partial charge in [-0.2, -0.15) is 0 Å². The maximum Gasteiger partial charge on any atom is 0.0952 e. The van der Waals surface area contributed by atoms with Gasteiger partial charge in [0.1, 0.15) is 0 Å². The van der Waals surface area contributed by atoms with Crippen molar-refractivity contribution in [3.63, 3.8) is 0 Å². The minimum Gasteiger partial charge on any atom is -0.371 e. The first-order valence-electron chi connectivity index (χ1n) is 7.61. The van der Waals surface area contributed by atoms with Crippen LogP contribution in [0.2, 0.25) is 0 Å². The Morgan fingerprint density at radius 2 is 2.35 bits per heavy atom. The molecular weight excluding hydrogens is 316 g/mol. The van der Waals surface area contributed by atoms with E-state index in [0.29, 0.717) is 0 Å². The zero-order valence-electron chi connectivity index (χ0n) is 11.9. The first-order valence-corrected chi connectivity index (χ1v) is 8.41. The second kappa shape index (κ2) is 7.03. The van der Waals surface area contributed by atoms with Gasteiger partial charge in [-0.1, -0.05) is 28.1 Å². The molecule has 1 aromatic carbocycles. The number of hydrogen-bond acceptors (Lipinski definition) is 3. The molecule has 20 heavy (non-hydrogen) atoms. The lowest BCUT2D eigenvalue weighted by Gasteiger charge is -2.36. The molecule has 1 N–H and O–H groups in total. The van der Waals surface area contributed by atoms with Crippen LogP contribution in [0.25, 0.3) is 0 Å². The topological polar surface area (TPSA) is 24.5 Å². The summed E-state index contributed by atoms with van der Waals surface area (Å²) in [6, 6.07) is 8.50. The second-order valence-corrected chi connectivity index (χ2v) is 6.80. The van der Waals surface area contributed by atoms with Gasteiger partial charge >= 0.3 is 0 Å². The standard InChI is InChI=1S/C16H23BrN2O/c17-15-5-1-4-14(9-15)16-12-19(7-8-20-16)11-13-3-2-6-18-10-13/h1,4-5,9,13,16,18H,2-3,6-8,10-12H2. The molecular formula is C16H23BrN2O. The fourth-order valence-corrected chi connectivity index (χ4v) is 3.64. The summed E-state index contributed by atoms with van der Waals surface area (Å²) in [4.78, 5) is 2.58. The Hall–Kier alpha value is -0.420. The molecule has 2 heterocycles. The number of nitrogens with zero attached hydrogens (tertiary/aromatic N) is 1. The normalized spacial score (nSPS) is 28.4. The van der Waals surface area contributed by atoms with Crippen molar-refractivity contribution in [3.05, 3.63) is 34.3 Å². The Bertz CT molecular complexity index is 434. The predicted octanol–water partition coefficient (Wildman–Crippen LogP) is 2.82. The average Bonchev–Trinajstić information content (AvgIpc) is 2.49. The molecule has 2 aliphatic rings. The number of rotatable bonds is 3. The van der Waals surface area contributed by atoms with E-state index in [1.165, 1.54) is 38.0 Å². The van der Waals surface area contributed by atoms with Gasteiger partial charge < -0.3 is 10.1 Å². The highest BCUT2D eigenvalue weighted by molar-refractivity contribution is 9.10. The van der Waals surface area contributed by atoms with E-state index in [1.807, 2.05) is 0 Å². The fourth-order valence-electron chi connectivity index (χ4n) is 3.22. The number of ether oxygens (including phenoxy) is 1. The van der Waals surface area contributed by atoms with Crippen molar-refractivity contribution in [2.75, 3.05) is 39.3 Å². The summed E-state index contributed by atoms with van der Waals surface area (Å²) in [5, 5.41) is 3.51. The van der Waals surface area contributed by atoms with Crippen molar-refractivity contribution in [2.24, 2.45) is 5.92 Å². The van der Waals surface area contributed by atoms with Gasteiger partial charge in [0.2, 0.25) is 0 Å². The fraction of sp³-hybridized carbons (Fsp3) is 0.625. The van der Waals surface area contributed by atoms with E-state index in [1.54, 1.807) is 0 Å². The van der Waals surface area contributed by atoms with Crippen LogP contribution in [0.3, 0.4) is 0 Å². The van der Waals surface area contributed by atoms with Crippen molar-refractivity contribution < 1.29 is 4.74 Å². The smallest absolute Gasteiger partial charge is 0.0952 e. The molecule has 0 saturated carbocycles. The molecule has 3 rings (SSSR count). The third-order valence-corrected chi connectivity index (χ3v) is 4.78. The summed E-state index contributed by atoms with van der Waals surface area (Å²) in [7, 11) is 0. The number of morpholine rings is 1. The largest absolute Gasteiger partial charge is 0.371 e. The molecule has 2 fully saturated rings. The molecule has 4 heteroatoms. The molecule has 0 aromatic heterocycles. The van der Waals surface area contributed by atoms with E-state index >= 15 is 0 Å².